The van der Waals surface area contributed by atoms with Crippen molar-refractivity contribution in [2.24, 2.45) is 4.99 Å². The summed E-state index contributed by atoms with van der Waals surface area (Å²) < 4.78 is 13.2. The Morgan fingerprint density at radius 3 is 2.60 bits per heavy atom. The molecule has 5 heteroatoms. The molecule has 0 amide bonds. The van der Waals surface area contributed by atoms with Crippen molar-refractivity contribution in [3.8, 4) is 0 Å². The number of guanidine groups is 1. The maximum atomic E-state index is 13.2. The smallest absolute Gasteiger partial charge is 0.191 e. The summed E-state index contributed by atoms with van der Waals surface area (Å²) in [5, 5.41) is 16.1. The van der Waals surface area contributed by atoms with Crippen molar-refractivity contribution >= 4 is 5.96 Å². The zero-order valence-corrected chi connectivity index (χ0v) is 14.6. The summed E-state index contributed by atoms with van der Waals surface area (Å²) in [6, 6.07) is 16.5. The van der Waals surface area contributed by atoms with E-state index in [1.807, 2.05) is 43.3 Å². The second-order valence-corrected chi connectivity index (χ2v) is 5.82. The molecular formula is C20H26FN3O. The predicted molar refractivity (Wildman–Crippen MR) is 100 cm³/mol. The van der Waals surface area contributed by atoms with Crippen LogP contribution in [-0.4, -0.2) is 37.3 Å². The van der Waals surface area contributed by atoms with Gasteiger partial charge in [0.1, 0.15) is 5.82 Å². The minimum Gasteiger partial charge on any atom is -0.396 e. The van der Waals surface area contributed by atoms with Crippen molar-refractivity contribution in [1.82, 2.24) is 10.6 Å². The Hall–Kier alpha value is -2.40. The van der Waals surface area contributed by atoms with Crippen LogP contribution in [0, 0.1) is 5.82 Å². The van der Waals surface area contributed by atoms with Gasteiger partial charge in [0.05, 0.1) is 13.2 Å². The van der Waals surface area contributed by atoms with Gasteiger partial charge in [-0.05, 0) is 36.6 Å². The van der Waals surface area contributed by atoms with E-state index in [4.69, 9.17) is 0 Å². The number of benzene rings is 2. The topological polar surface area (TPSA) is 56.7 Å². The van der Waals surface area contributed by atoms with E-state index in [0.717, 1.165) is 17.7 Å². The van der Waals surface area contributed by atoms with Crippen molar-refractivity contribution in [2.45, 2.75) is 19.3 Å². The molecule has 2 rings (SSSR count). The number of aliphatic hydroxyl groups is 1. The van der Waals surface area contributed by atoms with Crippen molar-refractivity contribution in [1.29, 1.82) is 0 Å². The molecule has 0 spiro atoms. The van der Waals surface area contributed by atoms with Gasteiger partial charge in [0.25, 0.3) is 0 Å². The molecule has 2 aromatic carbocycles. The summed E-state index contributed by atoms with van der Waals surface area (Å²) in [5.74, 6) is 0.458. The average Bonchev–Trinajstić information content (AvgIpc) is 2.63. The van der Waals surface area contributed by atoms with Gasteiger partial charge in [0.2, 0.25) is 0 Å². The van der Waals surface area contributed by atoms with E-state index >= 15 is 0 Å². The first-order valence-electron chi connectivity index (χ1n) is 8.65. The normalized spacial score (nSPS) is 12.7. The van der Waals surface area contributed by atoms with Gasteiger partial charge in [0.15, 0.2) is 5.96 Å². The van der Waals surface area contributed by atoms with Crippen molar-refractivity contribution in [2.75, 3.05) is 26.2 Å². The molecular weight excluding hydrogens is 317 g/mol. The van der Waals surface area contributed by atoms with E-state index in [-0.39, 0.29) is 18.3 Å². The lowest BCUT2D eigenvalue weighted by Crippen LogP contribution is -2.38. The van der Waals surface area contributed by atoms with Gasteiger partial charge in [-0.3, -0.25) is 4.99 Å². The van der Waals surface area contributed by atoms with Crippen LogP contribution in [0.2, 0.25) is 0 Å². The third-order valence-electron chi connectivity index (χ3n) is 3.90. The van der Waals surface area contributed by atoms with Crippen LogP contribution in [0.3, 0.4) is 0 Å². The molecule has 0 aliphatic rings. The van der Waals surface area contributed by atoms with Crippen LogP contribution in [-0.2, 0) is 6.42 Å². The summed E-state index contributed by atoms with van der Waals surface area (Å²) in [5.41, 5.74) is 2.02. The van der Waals surface area contributed by atoms with Crippen LogP contribution in [0.25, 0.3) is 0 Å². The van der Waals surface area contributed by atoms with Crippen LogP contribution in [0.1, 0.15) is 24.0 Å². The van der Waals surface area contributed by atoms with Crippen LogP contribution >= 0.6 is 0 Å². The van der Waals surface area contributed by atoms with Crippen LogP contribution in [0.5, 0.6) is 0 Å². The first-order valence-corrected chi connectivity index (χ1v) is 8.65. The van der Waals surface area contributed by atoms with Crippen molar-refractivity contribution in [3.05, 3.63) is 71.5 Å². The molecule has 0 saturated heterocycles. The first-order chi connectivity index (χ1) is 12.2. The lowest BCUT2D eigenvalue weighted by atomic mass is 10.0. The van der Waals surface area contributed by atoms with E-state index < -0.39 is 0 Å². The molecule has 134 valence electrons. The quantitative estimate of drug-likeness (QED) is 0.510. The van der Waals surface area contributed by atoms with Gasteiger partial charge in [-0.15, -0.1) is 0 Å². The van der Waals surface area contributed by atoms with Gasteiger partial charge < -0.3 is 15.7 Å². The van der Waals surface area contributed by atoms with E-state index in [9.17, 15) is 9.50 Å². The van der Waals surface area contributed by atoms with Crippen LogP contribution < -0.4 is 10.6 Å². The number of hydrogen-bond acceptors (Lipinski definition) is 2. The summed E-state index contributed by atoms with van der Waals surface area (Å²) in [4.78, 5) is 4.57. The summed E-state index contributed by atoms with van der Waals surface area (Å²) in [6.07, 6.45) is 0.713. The van der Waals surface area contributed by atoms with Crippen molar-refractivity contribution < 1.29 is 9.50 Å². The summed E-state index contributed by atoms with van der Waals surface area (Å²) >= 11 is 0. The lowest BCUT2D eigenvalue weighted by Gasteiger charge is -2.15. The highest BCUT2D eigenvalue weighted by molar-refractivity contribution is 5.79. The molecule has 0 radical (unpaired) electrons. The Labute approximate surface area is 148 Å². The third-order valence-corrected chi connectivity index (χ3v) is 3.90. The minimum absolute atomic E-state index is 0.0279. The maximum Gasteiger partial charge on any atom is 0.191 e. The van der Waals surface area contributed by atoms with Gasteiger partial charge in [-0.2, -0.15) is 0 Å². The number of aliphatic imine (C=N–C) groups is 1. The molecule has 1 unspecified atom stereocenters. The highest BCUT2D eigenvalue weighted by Gasteiger charge is 2.09. The second-order valence-electron chi connectivity index (χ2n) is 5.82. The monoisotopic (exact) mass is 343 g/mol. The molecule has 0 aromatic heterocycles. The average molecular weight is 343 g/mol. The molecule has 2 aromatic rings. The fourth-order valence-electron chi connectivity index (χ4n) is 2.55. The molecule has 3 N–H and O–H groups in total. The standard InChI is InChI=1S/C20H26FN3O/c1-2-22-20(23-12-11-16-7-6-10-19(21)13-16)24-14-18(15-25)17-8-4-3-5-9-17/h3-10,13,18,25H,2,11-12,14-15H2,1H3,(H2,22,23,24). The Morgan fingerprint density at radius 2 is 1.92 bits per heavy atom. The number of nitrogens with zero attached hydrogens (tertiary/aromatic N) is 1. The maximum absolute atomic E-state index is 13.2. The minimum atomic E-state index is -0.216. The number of aliphatic hydroxyl groups excluding tert-OH is 1. The van der Waals surface area contributed by atoms with E-state index in [1.54, 1.807) is 12.1 Å². The zero-order chi connectivity index (χ0) is 17.9. The Bertz CT molecular complexity index is 661. The molecule has 0 aliphatic heterocycles. The molecule has 4 nitrogen and oxygen atoms in total. The van der Waals surface area contributed by atoms with E-state index in [0.29, 0.717) is 25.5 Å². The Balaban J connectivity index is 1.90. The molecule has 0 fully saturated rings. The predicted octanol–water partition coefficient (Wildman–Crippen LogP) is 2.70. The summed E-state index contributed by atoms with van der Waals surface area (Å²) in [6.45, 7) is 3.96. The Kier molecular flexibility index (Phi) is 7.92. The third kappa shape index (κ3) is 6.55. The number of rotatable bonds is 8. The van der Waals surface area contributed by atoms with Crippen LogP contribution in [0.15, 0.2) is 59.6 Å². The molecule has 0 aliphatic carbocycles. The SMILES string of the molecule is CCNC(=NCC(CO)c1ccccc1)NCCc1cccc(F)c1. The molecule has 0 saturated carbocycles. The van der Waals surface area contributed by atoms with Gasteiger partial charge >= 0.3 is 0 Å². The van der Waals surface area contributed by atoms with E-state index in [1.165, 1.54) is 6.07 Å². The number of nitrogens with one attached hydrogen (secondary N) is 2. The first kappa shape index (κ1) is 18.9. The van der Waals surface area contributed by atoms with Crippen molar-refractivity contribution in [3.63, 3.8) is 0 Å². The van der Waals surface area contributed by atoms with E-state index in [2.05, 4.69) is 15.6 Å². The lowest BCUT2D eigenvalue weighted by molar-refractivity contribution is 0.268. The van der Waals surface area contributed by atoms with Crippen LogP contribution in [0.4, 0.5) is 4.39 Å². The molecule has 1 atom stereocenters. The number of halogens is 1. The number of hydrogen-bond donors (Lipinski definition) is 3. The molecule has 25 heavy (non-hydrogen) atoms. The molecule has 0 heterocycles. The highest BCUT2D eigenvalue weighted by Crippen LogP contribution is 2.14. The fraction of sp³-hybridized carbons (Fsp3) is 0.350. The fourth-order valence-corrected chi connectivity index (χ4v) is 2.55. The zero-order valence-electron chi connectivity index (χ0n) is 14.6. The Morgan fingerprint density at radius 1 is 1.12 bits per heavy atom. The van der Waals surface area contributed by atoms with Gasteiger partial charge in [-0.25, -0.2) is 4.39 Å². The highest BCUT2D eigenvalue weighted by atomic mass is 19.1. The summed E-state index contributed by atoms with van der Waals surface area (Å²) in [7, 11) is 0. The van der Waals surface area contributed by atoms with Gasteiger partial charge in [-0.1, -0.05) is 42.5 Å². The molecule has 0 bridgehead atoms. The second kappa shape index (κ2) is 10.5. The largest absolute Gasteiger partial charge is 0.396 e. The van der Waals surface area contributed by atoms with Gasteiger partial charge in [0, 0.05) is 19.0 Å².